The molecule has 2 aromatic rings. The Morgan fingerprint density at radius 1 is 1.47 bits per heavy atom. The summed E-state index contributed by atoms with van der Waals surface area (Å²) >= 11 is 0. The molecule has 0 radical (unpaired) electrons. The molecule has 0 saturated carbocycles. The van der Waals surface area contributed by atoms with Gasteiger partial charge >= 0.3 is 0 Å². The Kier molecular flexibility index (Phi) is 3.20. The molecule has 0 saturated heterocycles. The van der Waals surface area contributed by atoms with Crippen molar-refractivity contribution in [2.45, 2.75) is 12.5 Å². The first-order valence-electron chi connectivity index (χ1n) is 5.64. The Bertz CT molecular complexity index is 542. The molecule has 1 aromatic heterocycles. The van der Waals surface area contributed by atoms with Crippen LogP contribution in [-0.2, 0) is 18.2 Å². The van der Waals surface area contributed by atoms with Gasteiger partial charge in [-0.05, 0) is 18.1 Å². The van der Waals surface area contributed by atoms with Crippen molar-refractivity contribution in [3.05, 3.63) is 48.4 Å². The third kappa shape index (κ3) is 2.19. The van der Waals surface area contributed by atoms with E-state index in [4.69, 9.17) is 10.5 Å². The first-order valence-corrected chi connectivity index (χ1v) is 5.64. The summed E-state index contributed by atoms with van der Waals surface area (Å²) in [5.41, 5.74) is 8.48. The number of ether oxygens (including phenoxy) is 1. The number of methoxy groups -OCH3 is 1. The van der Waals surface area contributed by atoms with E-state index in [1.165, 1.54) is 16.5 Å². The molecule has 1 heterocycles. The van der Waals surface area contributed by atoms with Crippen LogP contribution in [0.1, 0.15) is 5.56 Å². The van der Waals surface area contributed by atoms with Crippen LogP contribution in [0.3, 0.4) is 0 Å². The van der Waals surface area contributed by atoms with Gasteiger partial charge in [-0.1, -0.05) is 24.8 Å². The van der Waals surface area contributed by atoms with Crippen molar-refractivity contribution in [2.24, 2.45) is 12.8 Å². The summed E-state index contributed by atoms with van der Waals surface area (Å²) in [5.74, 6) is 0.623. The molecule has 90 valence electrons. The summed E-state index contributed by atoms with van der Waals surface area (Å²) in [5, 5.41) is 1.24. The van der Waals surface area contributed by atoms with Gasteiger partial charge in [-0.3, -0.25) is 0 Å². The third-order valence-corrected chi connectivity index (χ3v) is 3.10. The van der Waals surface area contributed by atoms with Gasteiger partial charge in [0.15, 0.2) is 0 Å². The van der Waals surface area contributed by atoms with Crippen LogP contribution in [0.4, 0.5) is 0 Å². The van der Waals surface area contributed by atoms with Gasteiger partial charge in [0.25, 0.3) is 0 Å². The monoisotopic (exact) mass is 230 g/mol. The molecule has 3 heteroatoms. The van der Waals surface area contributed by atoms with Gasteiger partial charge < -0.3 is 15.0 Å². The lowest BCUT2D eigenvalue weighted by Gasteiger charge is -2.12. The van der Waals surface area contributed by atoms with Gasteiger partial charge in [0.1, 0.15) is 5.76 Å². The summed E-state index contributed by atoms with van der Waals surface area (Å²) < 4.78 is 7.19. The molecule has 0 aliphatic rings. The third-order valence-electron chi connectivity index (χ3n) is 3.10. The van der Waals surface area contributed by atoms with E-state index >= 15 is 0 Å². The fraction of sp³-hybridized carbons (Fsp3) is 0.286. The minimum Gasteiger partial charge on any atom is -0.500 e. The lowest BCUT2D eigenvalue weighted by atomic mass is 10.0. The Hall–Kier alpha value is -1.74. The highest BCUT2D eigenvalue weighted by Gasteiger charge is 2.12. The average molecular weight is 230 g/mol. The van der Waals surface area contributed by atoms with Crippen LogP contribution in [0.5, 0.6) is 0 Å². The molecule has 2 N–H and O–H groups in total. The second-order valence-corrected chi connectivity index (χ2v) is 4.26. The van der Waals surface area contributed by atoms with Gasteiger partial charge in [-0.15, -0.1) is 0 Å². The Balaban J connectivity index is 2.33. The lowest BCUT2D eigenvalue weighted by Crippen LogP contribution is -2.25. The number of benzene rings is 1. The maximum Gasteiger partial charge on any atom is 0.105 e. The van der Waals surface area contributed by atoms with Crippen LogP contribution in [0.15, 0.2) is 42.8 Å². The summed E-state index contributed by atoms with van der Waals surface area (Å²) in [7, 11) is 3.65. The zero-order valence-corrected chi connectivity index (χ0v) is 10.3. The van der Waals surface area contributed by atoms with Gasteiger partial charge in [0.05, 0.1) is 13.2 Å². The summed E-state index contributed by atoms with van der Waals surface area (Å²) in [6.07, 6.45) is 2.86. The van der Waals surface area contributed by atoms with Crippen molar-refractivity contribution < 1.29 is 4.74 Å². The predicted octanol–water partition coefficient (Wildman–Crippen LogP) is 2.21. The highest BCUT2D eigenvalue weighted by atomic mass is 16.5. The van der Waals surface area contributed by atoms with Gasteiger partial charge in [-0.25, -0.2) is 0 Å². The van der Waals surface area contributed by atoms with Crippen molar-refractivity contribution in [3.63, 3.8) is 0 Å². The molecule has 0 aliphatic heterocycles. The Labute approximate surface area is 101 Å². The fourth-order valence-electron chi connectivity index (χ4n) is 2.09. The van der Waals surface area contributed by atoms with Crippen molar-refractivity contribution >= 4 is 10.9 Å². The van der Waals surface area contributed by atoms with Crippen molar-refractivity contribution in [1.29, 1.82) is 0 Å². The van der Waals surface area contributed by atoms with Crippen molar-refractivity contribution in [1.82, 2.24) is 4.57 Å². The number of hydrogen-bond acceptors (Lipinski definition) is 2. The molecule has 17 heavy (non-hydrogen) atoms. The first kappa shape index (κ1) is 11.7. The van der Waals surface area contributed by atoms with Crippen LogP contribution < -0.4 is 5.73 Å². The van der Waals surface area contributed by atoms with Crippen molar-refractivity contribution in [2.75, 3.05) is 7.11 Å². The van der Waals surface area contributed by atoms with E-state index in [1.807, 2.05) is 19.2 Å². The molecule has 0 amide bonds. The average Bonchev–Trinajstić information content (AvgIpc) is 2.66. The number of nitrogens with two attached hydrogens (primary N) is 1. The Morgan fingerprint density at radius 2 is 2.18 bits per heavy atom. The minimum absolute atomic E-state index is 0.161. The second kappa shape index (κ2) is 4.63. The summed E-state index contributed by atoms with van der Waals surface area (Å²) in [6, 6.07) is 8.15. The molecular formula is C14H18N2O. The second-order valence-electron chi connectivity index (χ2n) is 4.26. The van der Waals surface area contributed by atoms with E-state index < -0.39 is 0 Å². The van der Waals surface area contributed by atoms with Gasteiger partial charge in [-0.2, -0.15) is 0 Å². The molecular weight excluding hydrogens is 212 g/mol. The number of nitrogens with zero attached hydrogens (tertiary/aromatic N) is 1. The van der Waals surface area contributed by atoms with E-state index in [0.29, 0.717) is 5.76 Å². The number of para-hydroxylation sites is 1. The highest BCUT2D eigenvalue weighted by Crippen LogP contribution is 2.22. The zero-order valence-electron chi connectivity index (χ0n) is 10.3. The molecule has 0 bridgehead atoms. The van der Waals surface area contributed by atoms with E-state index in [0.717, 1.165) is 6.42 Å². The van der Waals surface area contributed by atoms with E-state index in [1.54, 1.807) is 7.11 Å². The summed E-state index contributed by atoms with van der Waals surface area (Å²) in [4.78, 5) is 0. The molecule has 0 fully saturated rings. The molecule has 3 nitrogen and oxygen atoms in total. The van der Waals surface area contributed by atoms with Crippen LogP contribution >= 0.6 is 0 Å². The molecule has 1 unspecified atom stereocenters. The number of hydrogen-bond donors (Lipinski definition) is 1. The maximum absolute atomic E-state index is 6.03. The van der Waals surface area contributed by atoms with Gasteiger partial charge in [0.2, 0.25) is 0 Å². The number of rotatable bonds is 4. The minimum atomic E-state index is -0.161. The number of fused-ring (bicyclic) bond motifs is 1. The Morgan fingerprint density at radius 3 is 2.88 bits per heavy atom. The normalized spacial score (nSPS) is 12.6. The van der Waals surface area contributed by atoms with Crippen LogP contribution in [0, 0.1) is 0 Å². The molecule has 2 rings (SSSR count). The molecule has 0 spiro atoms. The van der Waals surface area contributed by atoms with E-state index in [2.05, 4.69) is 29.5 Å². The largest absolute Gasteiger partial charge is 0.500 e. The molecule has 1 aromatic carbocycles. The lowest BCUT2D eigenvalue weighted by molar-refractivity contribution is 0.266. The van der Waals surface area contributed by atoms with Crippen molar-refractivity contribution in [3.8, 4) is 0 Å². The summed E-state index contributed by atoms with van der Waals surface area (Å²) in [6.45, 7) is 3.80. The quantitative estimate of drug-likeness (QED) is 0.818. The number of aromatic nitrogens is 1. The standard InChI is InChI=1S/C14H18N2O/c1-10(17-3)13(15)8-11-9-16(2)14-7-5-4-6-12(11)14/h4-7,9,13H,1,8,15H2,2-3H3. The highest BCUT2D eigenvalue weighted by molar-refractivity contribution is 5.83. The first-order chi connectivity index (χ1) is 8.13. The molecule has 1 atom stereocenters. The van der Waals surface area contributed by atoms with E-state index in [-0.39, 0.29) is 6.04 Å². The van der Waals surface area contributed by atoms with Crippen LogP contribution in [0.2, 0.25) is 0 Å². The predicted molar refractivity (Wildman–Crippen MR) is 70.7 cm³/mol. The zero-order chi connectivity index (χ0) is 12.4. The van der Waals surface area contributed by atoms with E-state index in [9.17, 15) is 0 Å². The van der Waals surface area contributed by atoms with Crippen LogP contribution in [0.25, 0.3) is 10.9 Å². The topological polar surface area (TPSA) is 40.2 Å². The number of aryl methyl sites for hydroxylation is 1. The SMILES string of the molecule is C=C(OC)C(N)Cc1cn(C)c2ccccc12. The van der Waals surface area contributed by atoms with Gasteiger partial charge in [0, 0.05) is 24.1 Å². The smallest absolute Gasteiger partial charge is 0.105 e. The van der Waals surface area contributed by atoms with Crippen LogP contribution in [-0.4, -0.2) is 17.7 Å². The fourth-order valence-corrected chi connectivity index (χ4v) is 2.09. The maximum atomic E-state index is 6.03. The molecule has 0 aliphatic carbocycles.